The van der Waals surface area contributed by atoms with Gasteiger partial charge >= 0.3 is 12.8 Å². The molecule has 0 aliphatic heterocycles. The maximum atomic E-state index is 13.0. The molecule has 0 amide bonds. The highest BCUT2D eigenvalue weighted by Gasteiger charge is 2.37. The number of halogens is 5. The summed E-state index contributed by atoms with van der Waals surface area (Å²) in [7, 11) is -3.47. The molecule has 0 fully saturated rings. The molecule has 142 valence electrons. The number of methoxy groups -OCH3 is 1. The number of nitrogens with one attached hydrogen (secondary N) is 1. The molecule has 0 unspecified atom stereocenters. The van der Waals surface area contributed by atoms with Crippen LogP contribution in [0.25, 0.3) is 0 Å². The van der Waals surface area contributed by atoms with Gasteiger partial charge in [-0.3, -0.25) is 4.72 Å². The minimum atomic E-state index is -4.89. The first-order valence-corrected chi connectivity index (χ1v) is 8.35. The van der Waals surface area contributed by atoms with E-state index in [4.69, 9.17) is 4.74 Å². The van der Waals surface area contributed by atoms with E-state index in [0.29, 0.717) is 6.07 Å². The summed E-state index contributed by atoms with van der Waals surface area (Å²) < 4.78 is 99.4. The Morgan fingerprint density at radius 2 is 1.69 bits per heavy atom. The van der Waals surface area contributed by atoms with Gasteiger partial charge in [0.25, 0.3) is 10.0 Å². The summed E-state index contributed by atoms with van der Waals surface area (Å²) >= 11 is 0. The molecule has 5 nitrogen and oxygen atoms in total. The largest absolute Gasteiger partial charge is 0.493 e. The molecule has 2 aromatic carbocycles. The molecule has 26 heavy (non-hydrogen) atoms. The topological polar surface area (TPSA) is 64.6 Å². The zero-order chi connectivity index (χ0) is 19.5. The molecule has 0 bridgehead atoms. The number of anilines is 1. The van der Waals surface area contributed by atoms with Crippen LogP contribution in [-0.2, 0) is 16.2 Å². The Labute approximate surface area is 145 Å². The van der Waals surface area contributed by atoms with Gasteiger partial charge in [-0.2, -0.15) is 22.0 Å². The molecule has 0 saturated carbocycles. The summed E-state index contributed by atoms with van der Waals surface area (Å²) in [6, 6.07) is 6.71. The summed E-state index contributed by atoms with van der Waals surface area (Å²) in [5, 5.41) is 0. The minimum absolute atomic E-state index is 0.107. The van der Waals surface area contributed by atoms with Crippen molar-refractivity contribution in [1.82, 2.24) is 0 Å². The first-order chi connectivity index (χ1) is 12.0. The van der Waals surface area contributed by atoms with Crippen LogP contribution in [0.3, 0.4) is 0 Å². The highest BCUT2D eigenvalue weighted by atomic mass is 32.2. The van der Waals surface area contributed by atoms with E-state index in [0.717, 1.165) is 36.4 Å². The summed E-state index contributed by atoms with van der Waals surface area (Å²) in [6.45, 7) is -3.21. The normalized spacial score (nSPS) is 12.1. The Kier molecular flexibility index (Phi) is 5.59. The Morgan fingerprint density at radius 3 is 2.27 bits per heavy atom. The van der Waals surface area contributed by atoms with Gasteiger partial charge in [0.15, 0.2) is 11.5 Å². The lowest BCUT2D eigenvalue weighted by atomic mass is 10.2. The molecular weight excluding hydrogens is 385 g/mol. The molecule has 11 heteroatoms. The van der Waals surface area contributed by atoms with Gasteiger partial charge < -0.3 is 9.47 Å². The van der Waals surface area contributed by atoms with Crippen LogP contribution in [0.2, 0.25) is 0 Å². The first kappa shape index (κ1) is 19.8. The second-order valence-corrected chi connectivity index (χ2v) is 6.49. The molecule has 0 atom stereocenters. The van der Waals surface area contributed by atoms with Crippen molar-refractivity contribution in [1.29, 1.82) is 0 Å². The quantitative estimate of drug-likeness (QED) is 0.745. The predicted octanol–water partition coefficient (Wildman–Crippen LogP) is 4.12. The van der Waals surface area contributed by atoms with E-state index in [1.54, 1.807) is 0 Å². The van der Waals surface area contributed by atoms with Crippen molar-refractivity contribution in [3.63, 3.8) is 0 Å². The van der Waals surface area contributed by atoms with E-state index in [1.807, 2.05) is 4.72 Å². The summed E-state index contributed by atoms with van der Waals surface area (Å²) in [5.74, 6) is -0.587. The Bertz CT molecular complexity index is 884. The van der Waals surface area contributed by atoms with Crippen LogP contribution in [-0.4, -0.2) is 22.1 Å². The van der Waals surface area contributed by atoms with Gasteiger partial charge in [-0.1, -0.05) is 12.1 Å². The molecule has 2 aromatic rings. The number of benzene rings is 2. The number of ether oxygens (including phenoxy) is 2. The molecule has 2 rings (SSSR count). The summed E-state index contributed by atoms with van der Waals surface area (Å²) in [4.78, 5) is -1.00. The van der Waals surface area contributed by atoms with E-state index < -0.39 is 39.0 Å². The third-order valence-electron chi connectivity index (χ3n) is 3.11. The van der Waals surface area contributed by atoms with Crippen LogP contribution < -0.4 is 14.2 Å². The third-order valence-corrected chi connectivity index (χ3v) is 4.55. The van der Waals surface area contributed by atoms with Gasteiger partial charge in [0.05, 0.1) is 23.3 Å². The van der Waals surface area contributed by atoms with Crippen molar-refractivity contribution < 1.29 is 39.8 Å². The number of hydrogen-bond acceptors (Lipinski definition) is 4. The van der Waals surface area contributed by atoms with E-state index in [-0.39, 0.29) is 11.4 Å². The lowest BCUT2D eigenvalue weighted by molar-refractivity contribution is -0.139. The number of rotatable bonds is 6. The molecule has 0 saturated heterocycles. The smallest absolute Gasteiger partial charge is 0.417 e. The predicted molar refractivity (Wildman–Crippen MR) is 81.9 cm³/mol. The zero-order valence-electron chi connectivity index (χ0n) is 13.0. The van der Waals surface area contributed by atoms with Crippen molar-refractivity contribution in [3.05, 3.63) is 48.0 Å². The molecule has 0 aromatic heterocycles. The number of hydrogen-bond donors (Lipinski definition) is 1. The maximum Gasteiger partial charge on any atom is 0.417 e. The Hall–Kier alpha value is -2.56. The molecule has 0 aliphatic rings. The molecule has 0 aliphatic carbocycles. The standard InChI is InChI=1S/C15H12F5NO4S/c1-24-11-7-6-9(8-12(11)25-14(16)17)21-26(22,23)13-5-3-2-4-10(13)15(18,19)20/h2-8,14,21H,1H3. The lowest BCUT2D eigenvalue weighted by Crippen LogP contribution is -2.19. The SMILES string of the molecule is COc1ccc(NS(=O)(=O)c2ccccc2C(F)(F)F)cc1OC(F)F. The van der Waals surface area contributed by atoms with Crippen LogP contribution in [0.1, 0.15) is 5.56 Å². The number of alkyl halides is 5. The van der Waals surface area contributed by atoms with Crippen LogP contribution >= 0.6 is 0 Å². The van der Waals surface area contributed by atoms with Crippen molar-refractivity contribution in [2.75, 3.05) is 11.8 Å². The van der Waals surface area contributed by atoms with Gasteiger partial charge in [-0.25, -0.2) is 8.42 Å². The highest BCUT2D eigenvalue weighted by molar-refractivity contribution is 7.92. The third kappa shape index (κ3) is 4.54. The van der Waals surface area contributed by atoms with Crippen molar-refractivity contribution in [3.8, 4) is 11.5 Å². The van der Waals surface area contributed by atoms with Crippen molar-refractivity contribution >= 4 is 15.7 Å². The zero-order valence-corrected chi connectivity index (χ0v) is 13.9. The Balaban J connectivity index is 2.42. The van der Waals surface area contributed by atoms with E-state index in [1.165, 1.54) is 7.11 Å². The highest BCUT2D eigenvalue weighted by Crippen LogP contribution is 2.36. The van der Waals surface area contributed by atoms with Crippen molar-refractivity contribution in [2.45, 2.75) is 17.7 Å². The van der Waals surface area contributed by atoms with Crippen LogP contribution in [0.15, 0.2) is 47.4 Å². The van der Waals surface area contributed by atoms with Crippen LogP contribution in [0, 0.1) is 0 Å². The van der Waals surface area contributed by atoms with Gasteiger partial charge in [0.2, 0.25) is 0 Å². The molecule has 1 N–H and O–H groups in total. The van der Waals surface area contributed by atoms with E-state index in [9.17, 15) is 30.4 Å². The first-order valence-electron chi connectivity index (χ1n) is 6.86. The molecule has 0 radical (unpaired) electrons. The molecule has 0 heterocycles. The van der Waals surface area contributed by atoms with Crippen LogP contribution in [0.4, 0.5) is 27.6 Å². The van der Waals surface area contributed by atoms with E-state index in [2.05, 4.69) is 4.74 Å². The fourth-order valence-corrected chi connectivity index (χ4v) is 3.35. The maximum absolute atomic E-state index is 13.0. The number of sulfonamides is 1. The van der Waals surface area contributed by atoms with E-state index >= 15 is 0 Å². The Morgan fingerprint density at radius 1 is 1.04 bits per heavy atom. The second-order valence-electron chi connectivity index (χ2n) is 4.84. The monoisotopic (exact) mass is 397 g/mol. The van der Waals surface area contributed by atoms with Crippen molar-refractivity contribution in [2.24, 2.45) is 0 Å². The average Bonchev–Trinajstić information content (AvgIpc) is 2.53. The van der Waals surface area contributed by atoms with Gasteiger partial charge in [0, 0.05) is 6.07 Å². The minimum Gasteiger partial charge on any atom is -0.493 e. The van der Waals surface area contributed by atoms with Gasteiger partial charge in [0.1, 0.15) is 0 Å². The van der Waals surface area contributed by atoms with Gasteiger partial charge in [-0.15, -0.1) is 0 Å². The summed E-state index contributed by atoms with van der Waals surface area (Å²) in [6.07, 6.45) is -4.89. The lowest BCUT2D eigenvalue weighted by Gasteiger charge is -2.15. The molecule has 0 spiro atoms. The van der Waals surface area contributed by atoms with Gasteiger partial charge in [-0.05, 0) is 24.3 Å². The second kappa shape index (κ2) is 7.36. The molecular formula is C15H12F5NO4S. The fraction of sp³-hybridized carbons (Fsp3) is 0.200. The summed E-state index contributed by atoms with van der Waals surface area (Å²) in [5.41, 5.74) is -1.64. The fourth-order valence-electron chi connectivity index (χ4n) is 2.07. The van der Waals surface area contributed by atoms with Crippen LogP contribution in [0.5, 0.6) is 11.5 Å². The average molecular weight is 397 g/mol.